The molecule has 3 heterocycles. The first-order valence-electron chi connectivity index (χ1n) is 14.8. The third-order valence-electron chi connectivity index (χ3n) is 7.64. The molecule has 1 fully saturated rings. The van der Waals surface area contributed by atoms with E-state index in [1.807, 2.05) is 44.3 Å². The standard InChI is InChI=1S/C31H47N7O3Si/c1-22-18-27(34-36(22)5)33-26-19-28(35-38(30(26)40)21-41-16-17-42(6,7)8)37-15-9-10-25(20-37)32-29(39)23-11-13-24(14-12-23)31(2,3)4/h11-14,18-19,25H,9-10,15-17,20-21H2,1-8H3,(H,32,39)(H,33,34). The molecule has 42 heavy (non-hydrogen) atoms. The van der Waals surface area contributed by atoms with Gasteiger partial charge in [0.15, 0.2) is 11.6 Å². The number of aromatic nitrogens is 4. The Balaban J connectivity index is 1.52. The molecule has 1 unspecified atom stereocenters. The second kappa shape index (κ2) is 12.8. The molecule has 0 bridgehead atoms. The lowest BCUT2D eigenvalue weighted by Gasteiger charge is -2.34. The van der Waals surface area contributed by atoms with Gasteiger partial charge in [-0.15, -0.1) is 5.10 Å². The molecule has 1 aliphatic heterocycles. The second-order valence-corrected chi connectivity index (χ2v) is 19.2. The zero-order chi connectivity index (χ0) is 30.7. The highest BCUT2D eigenvalue weighted by Gasteiger charge is 2.25. The molecule has 228 valence electrons. The first-order chi connectivity index (χ1) is 19.7. The number of benzene rings is 1. The Morgan fingerprint density at radius 2 is 1.83 bits per heavy atom. The molecule has 11 heteroatoms. The van der Waals surface area contributed by atoms with Crippen LogP contribution < -0.4 is 21.1 Å². The number of amides is 1. The van der Waals surface area contributed by atoms with Crippen LogP contribution in [0.1, 0.15) is 55.2 Å². The number of rotatable bonds is 10. The summed E-state index contributed by atoms with van der Waals surface area (Å²) in [5, 5.41) is 15.6. The van der Waals surface area contributed by atoms with E-state index in [9.17, 15) is 9.59 Å². The minimum Gasteiger partial charge on any atom is -0.359 e. The Bertz CT molecular complexity index is 1420. The number of nitrogens with zero attached hydrogens (tertiary/aromatic N) is 5. The van der Waals surface area contributed by atoms with Gasteiger partial charge in [-0.2, -0.15) is 9.78 Å². The average molecular weight is 594 g/mol. The number of carbonyl (C=O) groups is 1. The van der Waals surface area contributed by atoms with Gasteiger partial charge in [0.2, 0.25) is 0 Å². The van der Waals surface area contributed by atoms with E-state index in [-0.39, 0.29) is 29.7 Å². The van der Waals surface area contributed by atoms with Gasteiger partial charge in [-0.05, 0) is 48.9 Å². The molecule has 2 N–H and O–H groups in total. The summed E-state index contributed by atoms with van der Waals surface area (Å²) in [6, 6.07) is 12.5. The van der Waals surface area contributed by atoms with Gasteiger partial charge in [0, 0.05) is 64.2 Å². The summed E-state index contributed by atoms with van der Waals surface area (Å²) in [6.07, 6.45) is 1.77. The minimum atomic E-state index is -1.27. The summed E-state index contributed by atoms with van der Waals surface area (Å²) in [7, 11) is 0.598. The number of hydrogen-bond acceptors (Lipinski definition) is 7. The van der Waals surface area contributed by atoms with Gasteiger partial charge in [0.05, 0.1) is 0 Å². The molecular formula is C31H47N7O3Si. The number of piperidine rings is 1. The molecule has 1 amide bonds. The van der Waals surface area contributed by atoms with E-state index in [4.69, 9.17) is 9.84 Å². The van der Waals surface area contributed by atoms with Gasteiger partial charge in [-0.3, -0.25) is 14.3 Å². The molecule has 2 aromatic heterocycles. The van der Waals surface area contributed by atoms with E-state index >= 15 is 0 Å². The molecule has 10 nitrogen and oxygen atoms in total. The van der Waals surface area contributed by atoms with Crippen molar-refractivity contribution in [3.8, 4) is 0 Å². The van der Waals surface area contributed by atoms with E-state index in [2.05, 4.69) is 61.0 Å². The van der Waals surface area contributed by atoms with Crippen LogP contribution in [0.15, 0.2) is 41.2 Å². The fourth-order valence-corrected chi connectivity index (χ4v) is 5.60. The smallest absolute Gasteiger partial charge is 0.292 e. The van der Waals surface area contributed by atoms with Crippen molar-refractivity contribution >= 4 is 31.3 Å². The summed E-state index contributed by atoms with van der Waals surface area (Å²) in [4.78, 5) is 28.6. The quantitative estimate of drug-likeness (QED) is 0.251. The minimum absolute atomic E-state index is 0.0326. The van der Waals surface area contributed by atoms with Crippen LogP contribution in [-0.2, 0) is 23.9 Å². The Labute approximate surface area is 250 Å². The lowest BCUT2D eigenvalue weighted by molar-refractivity contribution is 0.0753. The average Bonchev–Trinajstić information content (AvgIpc) is 3.23. The predicted molar refractivity (Wildman–Crippen MR) is 172 cm³/mol. The fourth-order valence-electron chi connectivity index (χ4n) is 4.84. The number of carbonyl (C=O) groups excluding carboxylic acids is 1. The summed E-state index contributed by atoms with van der Waals surface area (Å²) in [5.41, 5.74) is 2.97. The molecule has 1 atom stereocenters. The van der Waals surface area contributed by atoms with Crippen molar-refractivity contribution in [3.63, 3.8) is 0 Å². The first kappa shape index (κ1) is 31.5. The van der Waals surface area contributed by atoms with Crippen molar-refractivity contribution < 1.29 is 9.53 Å². The third-order valence-corrected chi connectivity index (χ3v) is 9.35. The van der Waals surface area contributed by atoms with E-state index in [0.29, 0.717) is 36.0 Å². The maximum Gasteiger partial charge on any atom is 0.292 e. The highest BCUT2D eigenvalue weighted by Crippen LogP contribution is 2.24. The van der Waals surface area contributed by atoms with E-state index in [0.717, 1.165) is 31.1 Å². The van der Waals surface area contributed by atoms with Gasteiger partial charge in [-0.25, -0.2) is 0 Å². The maximum atomic E-state index is 13.4. The Morgan fingerprint density at radius 3 is 2.45 bits per heavy atom. The molecule has 1 saturated heterocycles. The Kier molecular flexibility index (Phi) is 9.62. The SMILES string of the molecule is Cc1cc(Nc2cc(N3CCCC(NC(=O)c4ccc(C(C)(C)C)cc4)C3)nn(COCC[Si](C)(C)C)c2=O)nn1C. The summed E-state index contributed by atoms with van der Waals surface area (Å²) >= 11 is 0. The molecule has 1 aliphatic rings. The van der Waals surface area contributed by atoms with E-state index < -0.39 is 8.07 Å². The van der Waals surface area contributed by atoms with Crippen molar-refractivity contribution in [1.82, 2.24) is 24.9 Å². The van der Waals surface area contributed by atoms with Crippen LogP contribution >= 0.6 is 0 Å². The molecule has 0 spiro atoms. The topological polar surface area (TPSA) is 106 Å². The van der Waals surface area contributed by atoms with Crippen LogP contribution in [-0.4, -0.2) is 59.3 Å². The van der Waals surface area contributed by atoms with Crippen LogP contribution in [0, 0.1) is 6.92 Å². The lowest BCUT2D eigenvalue weighted by Crippen LogP contribution is -2.48. The van der Waals surface area contributed by atoms with Crippen molar-refractivity contribution in [2.45, 2.75) is 84.4 Å². The Morgan fingerprint density at radius 1 is 1.12 bits per heavy atom. The van der Waals surface area contributed by atoms with Gasteiger partial charge >= 0.3 is 0 Å². The number of nitrogens with one attached hydrogen (secondary N) is 2. The molecule has 4 rings (SSSR count). The summed E-state index contributed by atoms with van der Waals surface area (Å²) < 4.78 is 9.06. The van der Waals surface area contributed by atoms with Crippen molar-refractivity contribution in [3.05, 3.63) is 63.6 Å². The maximum absolute atomic E-state index is 13.4. The van der Waals surface area contributed by atoms with Crippen molar-refractivity contribution in [1.29, 1.82) is 0 Å². The molecular weight excluding hydrogens is 546 g/mol. The highest BCUT2D eigenvalue weighted by atomic mass is 28.3. The van der Waals surface area contributed by atoms with Crippen LogP contribution in [0.4, 0.5) is 17.3 Å². The van der Waals surface area contributed by atoms with Gasteiger partial charge in [0.25, 0.3) is 11.5 Å². The lowest BCUT2D eigenvalue weighted by atomic mass is 9.86. The highest BCUT2D eigenvalue weighted by molar-refractivity contribution is 6.76. The molecule has 3 aromatic rings. The largest absolute Gasteiger partial charge is 0.359 e. The predicted octanol–water partition coefficient (Wildman–Crippen LogP) is 5.04. The van der Waals surface area contributed by atoms with Crippen molar-refractivity contribution in [2.24, 2.45) is 7.05 Å². The second-order valence-electron chi connectivity index (χ2n) is 13.6. The van der Waals surface area contributed by atoms with Crippen LogP contribution in [0.25, 0.3) is 0 Å². The van der Waals surface area contributed by atoms with Gasteiger partial charge < -0.3 is 20.3 Å². The van der Waals surface area contributed by atoms with E-state index in [1.165, 1.54) is 10.2 Å². The number of anilines is 3. The number of hydrogen-bond donors (Lipinski definition) is 2. The van der Waals surface area contributed by atoms with Gasteiger partial charge in [-0.1, -0.05) is 52.5 Å². The molecule has 0 saturated carbocycles. The normalized spacial score (nSPS) is 16.0. The third kappa shape index (κ3) is 8.31. The molecule has 0 aliphatic carbocycles. The van der Waals surface area contributed by atoms with Crippen LogP contribution in [0.2, 0.25) is 25.7 Å². The fraction of sp³-hybridized carbons (Fsp3) is 0.548. The monoisotopic (exact) mass is 593 g/mol. The zero-order valence-corrected chi connectivity index (χ0v) is 27.5. The molecule has 1 aromatic carbocycles. The summed E-state index contributed by atoms with van der Waals surface area (Å²) in [6.45, 7) is 17.4. The molecule has 0 radical (unpaired) electrons. The van der Waals surface area contributed by atoms with Crippen molar-refractivity contribution in [2.75, 3.05) is 29.9 Å². The van der Waals surface area contributed by atoms with Crippen LogP contribution in [0.3, 0.4) is 0 Å². The van der Waals surface area contributed by atoms with E-state index in [1.54, 1.807) is 10.7 Å². The summed E-state index contributed by atoms with van der Waals surface area (Å²) in [5.74, 6) is 1.17. The number of ether oxygens (including phenoxy) is 1. The van der Waals surface area contributed by atoms with Crippen LogP contribution in [0.5, 0.6) is 0 Å². The van der Waals surface area contributed by atoms with Gasteiger partial charge in [0.1, 0.15) is 12.4 Å². The number of aryl methyl sites for hydroxylation is 2. The zero-order valence-electron chi connectivity index (χ0n) is 26.5. The first-order valence-corrected chi connectivity index (χ1v) is 18.5. The Hall–Kier alpha value is -3.44.